The number of aryl methyl sites for hydroxylation is 1. The largest absolute Gasteiger partial charge is 0.423 e. The van der Waals surface area contributed by atoms with E-state index in [0.717, 1.165) is 17.3 Å². The summed E-state index contributed by atoms with van der Waals surface area (Å²) in [6.07, 6.45) is 0.952. The number of hydrogen-bond donors (Lipinski definition) is 1. The van der Waals surface area contributed by atoms with E-state index in [1.807, 2.05) is 30.3 Å². The molecule has 3 rings (SSSR count). The minimum Gasteiger partial charge on any atom is -0.423 e. The number of ether oxygens (including phenoxy) is 1. The maximum atomic E-state index is 12.0. The van der Waals surface area contributed by atoms with E-state index in [1.54, 1.807) is 18.2 Å². The Kier molecular flexibility index (Phi) is 3.25. The number of H-pyrrole nitrogens is 1. The average Bonchev–Trinajstić information content (AvgIpc) is 2.90. The molecule has 3 heteroatoms. The molecule has 0 fully saturated rings. The quantitative estimate of drug-likeness (QED) is 0.575. The van der Waals surface area contributed by atoms with Crippen molar-refractivity contribution in [3.63, 3.8) is 0 Å². The summed E-state index contributed by atoms with van der Waals surface area (Å²) in [7, 11) is 0. The second-order valence-electron chi connectivity index (χ2n) is 4.65. The predicted molar refractivity (Wildman–Crippen MR) is 79.1 cm³/mol. The summed E-state index contributed by atoms with van der Waals surface area (Å²) in [6, 6.07) is 16.7. The number of hydrogen-bond acceptors (Lipinski definition) is 2. The van der Waals surface area contributed by atoms with E-state index >= 15 is 0 Å². The van der Waals surface area contributed by atoms with Crippen LogP contribution in [0.3, 0.4) is 0 Å². The molecule has 0 aliphatic rings. The van der Waals surface area contributed by atoms with Crippen LogP contribution in [0.1, 0.15) is 23.0 Å². The van der Waals surface area contributed by atoms with Gasteiger partial charge in [0.05, 0.1) is 5.56 Å². The first-order valence-electron chi connectivity index (χ1n) is 6.65. The first-order valence-corrected chi connectivity index (χ1v) is 6.65. The van der Waals surface area contributed by atoms with E-state index in [4.69, 9.17) is 4.74 Å². The van der Waals surface area contributed by atoms with Crippen molar-refractivity contribution in [2.45, 2.75) is 13.3 Å². The lowest BCUT2D eigenvalue weighted by atomic mass is 10.2. The van der Waals surface area contributed by atoms with Crippen LogP contribution in [0.25, 0.3) is 10.9 Å². The molecule has 1 aromatic heterocycles. The second-order valence-corrected chi connectivity index (χ2v) is 4.65. The van der Waals surface area contributed by atoms with Crippen molar-refractivity contribution in [1.82, 2.24) is 4.98 Å². The van der Waals surface area contributed by atoms with Gasteiger partial charge in [0.15, 0.2) is 0 Å². The van der Waals surface area contributed by atoms with Crippen LogP contribution in [0, 0.1) is 0 Å². The molecule has 0 unspecified atom stereocenters. The Balaban J connectivity index is 1.85. The van der Waals surface area contributed by atoms with Gasteiger partial charge in [-0.3, -0.25) is 0 Å². The van der Waals surface area contributed by atoms with Gasteiger partial charge in [-0.15, -0.1) is 0 Å². The van der Waals surface area contributed by atoms with Gasteiger partial charge in [-0.2, -0.15) is 0 Å². The van der Waals surface area contributed by atoms with Crippen LogP contribution in [-0.4, -0.2) is 11.0 Å². The van der Waals surface area contributed by atoms with E-state index in [0.29, 0.717) is 11.3 Å². The Bertz CT molecular complexity index is 744. The molecule has 3 aromatic rings. The smallest absolute Gasteiger partial charge is 0.343 e. The average molecular weight is 265 g/mol. The summed E-state index contributed by atoms with van der Waals surface area (Å²) in [6.45, 7) is 2.10. The Morgan fingerprint density at radius 3 is 2.65 bits per heavy atom. The molecular weight excluding hydrogens is 250 g/mol. The van der Waals surface area contributed by atoms with Crippen LogP contribution in [0.15, 0.2) is 54.6 Å². The lowest BCUT2D eigenvalue weighted by Crippen LogP contribution is -2.07. The Morgan fingerprint density at radius 1 is 1.10 bits per heavy atom. The number of esters is 1. The highest BCUT2D eigenvalue weighted by molar-refractivity contribution is 5.91. The van der Waals surface area contributed by atoms with Crippen LogP contribution in [0.5, 0.6) is 5.75 Å². The molecular formula is C17H15NO2. The van der Waals surface area contributed by atoms with Crippen LogP contribution >= 0.6 is 0 Å². The lowest BCUT2D eigenvalue weighted by molar-refractivity contribution is 0.0735. The normalized spacial score (nSPS) is 10.7. The highest BCUT2D eigenvalue weighted by Gasteiger charge is 2.08. The third-order valence-electron chi connectivity index (χ3n) is 3.25. The molecule has 0 saturated carbocycles. The van der Waals surface area contributed by atoms with Crippen molar-refractivity contribution >= 4 is 16.9 Å². The molecule has 3 nitrogen and oxygen atoms in total. The standard InChI is InChI=1S/C17H15NO2/c1-2-14-10-13-11-15(8-9-16(13)18-14)20-17(19)12-6-4-3-5-7-12/h3-11,18H,2H2,1H3. The van der Waals surface area contributed by atoms with Gasteiger partial charge in [-0.1, -0.05) is 25.1 Å². The monoisotopic (exact) mass is 265 g/mol. The van der Waals surface area contributed by atoms with E-state index in [1.165, 1.54) is 5.69 Å². The van der Waals surface area contributed by atoms with Crippen molar-refractivity contribution < 1.29 is 9.53 Å². The van der Waals surface area contributed by atoms with Crippen LogP contribution in [0.2, 0.25) is 0 Å². The van der Waals surface area contributed by atoms with Crippen molar-refractivity contribution in [3.8, 4) is 5.75 Å². The summed E-state index contributed by atoms with van der Waals surface area (Å²) in [5.74, 6) is 0.226. The lowest BCUT2D eigenvalue weighted by Gasteiger charge is -2.04. The van der Waals surface area contributed by atoms with Crippen LogP contribution in [-0.2, 0) is 6.42 Å². The molecule has 0 amide bonds. The third kappa shape index (κ3) is 2.43. The van der Waals surface area contributed by atoms with Crippen molar-refractivity contribution in [3.05, 3.63) is 65.9 Å². The molecule has 1 N–H and O–H groups in total. The maximum Gasteiger partial charge on any atom is 0.343 e. The van der Waals surface area contributed by atoms with Gasteiger partial charge in [-0.25, -0.2) is 4.79 Å². The Hall–Kier alpha value is -2.55. The first kappa shape index (κ1) is 12.5. The van der Waals surface area contributed by atoms with Gasteiger partial charge in [0, 0.05) is 16.6 Å². The Labute approximate surface area is 117 Å². The van der Waals surface area contributed by atoms with Gasteiger partial charge >= 0.3 is 5.97 Å². The van der Waals surface area contributed by atoms with Crippen molar-refractivity contribution in [1.29, 1.82) is 0 Å². The van der Waals surface area contributed by atoms with Crippen molar-refractivity contribution in [2.24, 2.45) is 0 Å². The first-order chi connectivity index (χ1) is 9.76. The van der Waals surface area contributed by atoms with Gasteiger partial charge in [0.2, 0.25) is 0 Å². The van der Waals surface area contributed by atoms with Gasteiger partial charge in [-0.05, 0) is 42.8 Å². The molecule has 100 valence electrons. The molecule has 0 aliphatic heterocycles. The number of benzene rings is 2. The summed E-state index contributed by atoms with van der Waals surface area (Å²) in [5.41, 5.74) is 2.78. The zero-order chi connectivity index (χ0) is 13.9. The zero-order valence-electron chi connectivity index (χ0n) is 11.2. The van der Waals surface area contributed by atoms with E-state index in [-0.39, 0.29) is 5.97 Å². The van der Waals surface area contributed by atoms with Crippen LogP contribution in [0.4, 0.5) is 0 Å². The Morgan fingerprint density at radius 2 is 1.90 bits per heavy atom. The molecule has 0 bridgehead atoms. The van der Waals surface area contributed by atoms with Crippen molar-refractivity contribution in [2.75, 3.05) is 0 Å². The summed E-state index contributed by atoms with van der Waals surface area (Å²) in [4.78, 5) is 15.3. The van der Waals surface area contributed by atoms with E-state index < -0.39 is 0 Å². The molecule has 0 spiro atoms. The molecule has 2 aromatic carbocycles. The minimum atomic E-state index is -0.337. The highest BCUT2D eigenvalue weighted by atomic mass is 16.5. The number of aromatic amines is 1. The molecule has 1 heterocycles. The van der Waals surface area contributed by atoms with E-state index in [9.17, 15) is 4.79 Å². The predicted octanol–water partition coefficient (Wildman–Crippen LogP) is 3.95. The summed E-state index contributed by atoms with van der Waals surface area (Å²) in [5, 5.41) is 1.06. The SMILES string of the molecule is CCc1cc2cc(OC(=O)c3ccccc3)ccc2[nH]1. The van der Waals surface area contributed by atoms with Gasteiger partial charge < -0.3 is 9.72 Å². The number of nitrogens with one attached hydrogen (secondary N) is 1. The topological polar surface area (TPSA) is 42.1 Å². The van der Waals surface area contributed by atoms with Gasteiger partial charge in [0.25, 0.3) is 0 Å². The number of fused-ring (bicyclic) bond motifs is 1. The fourth-order valence-electron chi connectivity index (χ4n) is 2.16. The minimum absolute atomic E-state index is 0.337. The van der Waals surface area contributed by atoms with Crippen LogP contribution < -0.4 is 4.74 Å². The van der Waals surface area contributed by atoms with E-state index in [2.05, 4.69) is 18.0 Å². The maximum absolute atomic E-state index is 12.0. The summed E-state index contributed by atoms with van der Waals surface area (Å²) < 4.78 is 5.40. The molecule has 0 aliphatic carbocycles. The fourth-order valence-corrected chi connectivity index (χ4v) is 2.16. The molecule has 20 heavy (non-hydrogen) atoms. The number of rotatable bonds is 3. The molecule has 0 saturated heterocycles. The summed E-state index contributed by atoms with van der Waals surface area (Å²) >= 11 is 0. The molecule has 0 atom stereocenters. The number of carbonyl (C=O) groups excluding carboxylic acids is 1. The highest BCUT2D eigenvalue weighted by Crippen LogP contribution is 2.22. The molecule has 0 radical (unpaired) electrons. The number of carbonyl (C=O) groups is 1. The van der Waals surface area contributed by atoms with Gasteiger partial charge in [0.1, 0.15) is 5.75 Å². The second kappa shape index (κ2) is 5.21. The third-order valence-corrected chi connectivity index (χ3v) is 3.25. The fraction of sp³-hybridized carbons (Fsp3) is 0.118. The zero-order valence-corrected chi connectivity index (χ0v) is 11.2. The number of aromatic nitrogens is 1.